The van der Waals surface area contributed by atoms with Crippen LogP contribution in [0.2, 0.25) is 0 Å². The largest absolute Gasteiger partial charge is 0.455 e. The van der Waals surface area contributed by atoms with Crippen LogP contribution in [-0.2, 0) is 0 Å². The number of hydrogen-bond acceptors (Lipinski definition) is 8. The lowest BCUT2D eigenvalue weighted by atomic mass is 10.0. The highest BCUT2D eigenvalue weighted by Gasteiger charge is 2.24. The molecule has 0 aliphatic carbocycles. The quantitative estimate of drug-likeness (QED) is 0.107. The summed E-state index contributed by atoms with van der Waals surface area (Å²) in [6, 6.07) is 168. The van der Waals surface area contributed by atoms with Crippen molar-refractivity contribution in [2.75, 3.05) is 0 Å². The minimum atomic E-state index is 0.624. The van der Waals surface area contributed by atoms with Gasteiger partial charge in [0.1, 0.15) is 11.2 Å². The lowest BCUT2D eigenvalue weighted by Crippen LogP contribution is -2.01. The van der Waals surface area contributed by atoms with Crippen molar-refractivity contribution < 1.29 is 4.42 Å². The highest BCUT2D eigenvalue weighted by molar-refractivity contribution is 7.25. The third-order valence-electron chi connectivity index (χ3n) is 27.2. The van der Waals surface area contributed by atoms with Crippen LogP contribution in [0.25, 0.3) is 265 Å². The van der Waals surface area contributed by atoms with Gasteiger partial charge < -0.3 is 22.7 Å². The Hall–Kier alpha value is -18.4. The molecule has 0 saturated carbocycles. The number of hydrogen-bond donors (Lipinski definition) is 0. The van der Waals surface area contributed by atoms with Crippen molar-refractivity contribution >= 4 is 141 Å². The molecule has 138 heavy (non-hydrogen) atoms. The first kappa shape index (κ1) is 79.4. The summed E-state index contributed by atoms with van der Waals surface area (Å²) in [7, 11) is 0. The number of aromatic nitrogens is 10. The number of fused-ring (bicyclic) bond motifs is 18. The minimum absolute atomic E-state index is 0.624. The van der Waals surface area contributed by atoms with Crippen LogP contribution < -0.4 is 0 Å². The third kappa shape index (κ3) is 13.6. The van der Waals surface area contributed by atoms with Crippen LogP contribution in [0.5, 0.6) is 0 Å². The molecule has 644 valence electrons. The molecule has 0 spiro atoms. The van der Waals surface area contributed by atoms with E-state index in [0.29, 0.717) is 34.9 Å². The first-order chi connectivity index (χ1) is 68.4. The fourth-order valence-electron chi connectivity index (χ4n) is 20.6. The number of para-hydroxylation sites is 6. The predicted octanol–water partition coefficient (Wildman–Crippen LogP) is 33.1. The second-order valence-corrected chi connectivity index (χ2v) is 36.3. The van der Waals surface area contributed by atoms with Crippen LogP contribution >= 0.6 is 11.3 Å². The summed E-state index contributed by atoms with van der Waals surface area (Å²) in [5, 5.41) is 14.6. The zero-order chi connectivity index (χ0) is 90.8. The Morgan fingerprint density at radius 3 is 0.949 bits per heavy atom. The number of furan rings is 1. The van der Waals surface area contributed by atoms with Crippen molar-refractivity contribution in [1.82, 2.24) is 48.2 Å². The highest BCUT2D eigenvalue weighted by Crippen LogP contribution is 2.46. The highest BCUT2D eigenvalue weighted by atomic mass is 32.1. The molecule has 12 heteroatoms. The van der Waals surface area contributed by atoms with E-state index in [2.05, 4.69) is 358 Å². The van der Waals surface area contributed by atoms with E-state index in [1.807, 2.05) is 145 Å². The number of benzene rings is 20. The maximum Gasteiger partial charge on any atom is 0.164 e. The Kier molecular flexibility index (Phi) is 18.9. The van der Waals surface area contributed by atoms with E-state index in [9.17, 15) is 0 Å². The molecule has 8 heterocycles. The molecule has 20 aromatic carbocycles. The minimum Gasteiger partial charge on any atom is -0.455 e. The van der Waals surface area contributed by atoms with E-state index >= 15 is 0 Å². The normalized spacial score (nSPS) is 11.8. The van der Waals surface area contributed by atoms with Crippen LogP contribution in [0.3, 0.4) is 0 Å². The molecule has 0 N–H and O–H groups in total. The standard InChI is InChI=1S/C63H39N5O.C63H39N5S/c1-3-14-41(15-4-1)61-64-62(42-16-5-2-6-17-42)66-63(65-61)43-28-34-47(35-29-43)68-55-23-10-7-18-49(55)51-36-30-45(39-58(51)68)44-31-37-57-54(38-44)50-19-8-11-24-56(50)67(57)46-32-26-40(27-33-46)48-21-13-22-53-52-20-9-12-25-59(52)69-60(48)53;1-3-14-41(15-4-1)61-64-62(42-16-5-2-6-17-42)66-63(65-61)46-18-13-19-48(36-46)68-55-23-10-7-20-49(55)51-33-28-45(39-58(51)68)44-29-34-57-53(37-44)50-21-8-11-24-56(50)67(57)47-31-26-40(27-32-47)43-30-35-60-54(38-43)52-22-9-12-25-59(52)69-60/h2*1-39H. The molecular formula is C126H78N10OS. The Morgan fingerprint density at radius 1 is 0.159 bits per heavy atom. The third-order valence-corrected chi connectivity index (χ3v) is 28.3. The fraction of sp³-hybridized carbons (Fsp3) is 0. The second kappa shape index (κ2) is 32.8. The lowest BCUT2D eigenvalue weighted by molar-refractivity contribution is 0.670. The van der Waals surface area contributed by atoms with Gasteiger partial charge in [-0.1, -0.05) is 328 Å². The fourth-order valence-corrected chi connectivity index (χ4v) is 21.7. The number of nitrogens with zero attached hydrogens (tertiary/aromatic N) is 10. The van der Waals surface area contributed by atoms with Crippen molar-refractivity contribution in [3.8, 4) is 136 Å². The summed E-state index contributed by atoms with van der Waals surface area (Å²) in [4.78, 5) is 30.0. The SMILES string of the molecule is c1ccc(-c2nc(-c3ccccc3)nc(-c3ccc(-n4c5ccccc5c5ccc(-c6ccc7c(c6)c6ccccc6n7-c6ccc(-c7cccc8c7oc7ccccc78)cc6)cc54)cc3)n2)cc1.c1ccc(-c2nc(-c3ccccc3)nc(-c3cccc(-n4c5ccccc5c5ccc(-c6ccc7c(c6)c6ccccc6n7-c6ccc(-c7ccc8sc9ccccc9c8c7)cc6)cc54)c3)n2)cc1. The topological polar surface area (TPSA) is 110 Å². The summed E-state index contributed by atoms with van der Waals surface area (Å²) < 4.78 is 18.6. The van der Waals surface area contributed by atoms with Gasteiger partial charge in [-0.15, -0.1) is 11.3 Å². The van der Waals surface area contributed by atoms with E-state index < -0.39 is 0 Å². The molecule has 0 fully saturated rings. The van der Waals surface area contributed by atoms with E-state index in [-0.39, 0.29) is 0 Å². The summed E-state index contributed by atoms with van der Waals surface area (Å²) in [6.07, 6.45) is 0. The Morgan fingerprint density at radius 2 is 0.464 bits per heavy atom. The van der Waals surface area contributed by atoms with Crippen molar-refractivity contribution in [2.24, 2.45) is 0 Å². The van der Waals surface area contributed by atoms with Gasteiger partial charge in [-0.25, -0.2) is 29.9 Å². The zero-order valence-corrected chi connectivity index (χ0v) is 75.1. The molecule has 28 aromatic rings. The zero-order valence-electron chi connectivity index (χ0n) is 74.3. The van der Waals surface area contributed by atoms with Gasteiger partial charge in [0.15, 0.2) is 34.9 Å². The molecule has 0 unspecified atom stereocenters. The first-order valence-corrected chi connectivity index (χ1v) is 47.3. The summed E-state index contributed by atoms with van der Waals surface area (Å²) in [5.41, 5.74) is 30.3. The van der Waals surface area contributed by atoms with Gasteiger partial charge in [-0.05, 0) is 185 Å². The van der Waals surface area contributed by atoms with Gasteiger partial charge in [-0.2, -0.15) is 0 Å². The molecule has 0 aliphatic rings. The van der Waals surface area contributed by atoms with Crippen LogP contribution in [0.4, 0.5) is 0 Å². The summed E-state index contributed by atoms with van der Waals surface area (Å²) in [6.45, 7) is 0. The van der Waals surface area contributed by atoms with Crippen LogP contribution in [-0.4, -0.2) is 48.2 Å². The van der Waals surface area contributed by atoms with Crippen LogP contribution in [0, 0.1) is 0 Å². The Bertz CT molecular complexity index is 9580. The van der Waals surface area contributed by atoms with Crippen LogP contribution in [0.15, 0.2) is 478 Å². The van der Waals surface area contributed by atoms with Crippen molar-refractivity contribution in [2.45, 2.75) is 0 Å². The average Bonchev–Trinajstić information content (AvgIpc) is 1.54. The van der Waals surface area contributed by atoms with Gasteiger partial charge in [-0.3, -0.25) is 0 Å². The van der Waals surface area contributed by atoms with Gasteiger partial charge in [0.25, 0.3) is 0 Å². The lowest BCUT2D eigenvalue weighted by Gasteiger charge is -2.12. The second-order valence-electron chi connectivity index (χ2n) is 35.2. The molecular weight excluding hydrogens is 1700 g/mol. The van der Waals surface area contributed by atoms with Gasteiger partial charge >= 0.3 is 0 Å². The molecule has 28 rings (SSSR count). The maximum absolute atomic E-state index is 6.41. The van der Waals surface area contributed by atoms with Crippen molar-refractivity contribution in [3.63, 3.8) is 0 Å². The smallest absolute Gasteiger partial charge is 0.164 e. The van der Waals surface area contributed by atoms with Crippen LogP contribution in [0.1, 0.15) is 0 Å². The number of thiophene rings is 1. The van der Waals surface area contributed by atoms with E-state index in [1.165, 1.54) is 90.9 Å². The van der Waals surface area contributed by atoms with E-state index in [1.54, 1.807) is 0 Å². The Labute approximate surface area is 796 Å². The van der Waals surface area contributed by atoms with Crippen molar-refractivity contribution in [3.05, 3.63) is 473 Å². The van der Waals surface area contributed by atoms with E-state index in [0.717, 1.165) is 139 Å². The maximum atomic E-state index is 6.41. The monoisotopic (exact) mass is 1780 g/mol. The van der Waals surface area contributed by atoms with Gasteiger partial charge in [0.2, 0.25) is 0 Å². The first-order valence-electron chi connectivity index (χ1n) is 46.5. The average molecular weight is 1780 g/mol. The summed E-state index contributed by atoms with van der Waals surface area (Å²) in [5.74, 6) is 3.82. The van der Waals surface area contributed by atoms with E-state index in [4.69, 9.17) is 34.3 Å². The molecule has 0 amide bonds. The molecule has 0 bridgehead atoms. The number of rotatable bonds is 14. The molecule has 8 aromatic heterocycles. The molecule has 0 aliphatic heterocycles. The molecule has 0 atom stereocenters. The van der Waals surface area contributed by atoms with Gasteiger partial charge in [0.05, 0.1) is 44.1 Å². The molecule has 0 radical (unpaired) electrons. The predicted molar refractivity (Wildman–Crippen MR) is 572 cm³/mol. The summed E-state index contributed by atoms with van der Waals surface area (Å²) >= 11 is 1.86. The molecule has 0 saturated heterocycles. The van der Waals surface area contributed by atoms with Gasteiger partial charge in [0, 0.05) is 136 Å². The van der Waals surface area contributed by atoms with Crippen molar-refractivity contribution in [1.29, 1.82) is 0 Å². The molecule has 11 nitrogen and oxygen atoms in total. The Balaban J connectivity index is 0.000000139.